The number of esters is 2. The van der Waals surface area contributed by atoms with Crippen molar-refractivity contribution in [3.63, 3.8) is 0 Å². The fraction of sp³-hybridized carbons (Fsp3) is 0.951. The van der Waals surface area contributed by atoms with Crippen molar-refractivity contribution in [2.75, 3.05) is 40.4 Å². The van der Waals surface area contributed by atoms with Crippen molar-refractivity contribution in [3.8, 4) is 0 Å². The predicted octanol–water partition coefficient (Wildman–Crippen LogP) is 18.3. The molecule has 7 nitrogen and oxygen atoms in total. The first kappa shape index (κ1) is 66.4. The molecule has 7 heteroatoms. The van der Waals surface area contributed by atoms with Crippen LogP contribution in [0.5, 0.6) is 0 Å². The molecular formula is C61H120N2O5. The molecule has 0 saturated heterocycles. The predicted molar refractivity (Wildman–Crippen MR) is 294 cm³/mol. The monoisotopic (exact) mass is 961 g/mol. The molecule has 68 heavy (non-hydrogen) atoms. The molecule has 0 aromatic heterocycles. The molecule has 0 aliphatic heterocycles. The molecule has 3 atom stereocenters. The normalized spacial score (nSPS) is 12.9. The molecule has 0 aromatic rings. The average molecular weight is 962 g/mol. The maximum atomic E-state index is 13.9. The van der Waals surface area contributed by atoms with Crippen LogP contribution in [-0.2, 0) is 23.9 Å². The first-order valence-electron chi connectivity index (χ1n) is 30.5. The van der Waals surface area contributed by atoms with E-state index in [1.165, 1.54) is 180 Å². The van der Waals surface area contributed by atoms with E-state index in [4.69, 9.17) is 9.47 Å². The van der Waals surface area contributed by atoms with Crippen LogP contribution in [0.25, 0.3) is 0 Å². The quantitative estimate of drug-likeness (QED) is 0.0447. The number of amides is 1. The molecule has 0 radical (unpaired) electrons. The first-order chi connectivity index (χ1) is 33.2. The Morgan fingerprint density at radius 2 is 0.632 bits per heavy atom. The summed E-state index contributed by atoms with van der Waals surface area (Å²) < 4.78 is 11.7. The second kappa shape index (κ2) is 51.7. The largest absolute Gasteiger partial charge is 0.465 e. The fourth-order valence-corrected chi connectivity index (χ4v) is 10.1. The summed E-state index contributed by atoms with van der Waals surface area (Å²) in [4.78, 5) is 43.9. The Labute approximate surface area is 425 Å². The van der Waals surface area contributed by atoms with Gasteiger partial charge in [-0.05, 0) is 96.7 Å². The summed E-state index contributed by atoms with van der Waals surface area (Å²) in [5.41, 5.74) is 0. The van der Waals surface area contributed by atoms with Gasteiger partial charge in [-0.2, -0.15) is 0 Å². The van der Waals surface area contributed by atoms with E-state index >= 15 is 0 Å². The summed E-state index contributed by atoms with van der Waals surface area (Å²) in [5.74, 6) is 1.42. The van der Waals surface area contributed by atoms with Gasteiger partial charge in [0.15, 0.2) is 0 Å². The third-order valence-corrected chi connectivity index (χ3v) is 14.7. The van der Waals surface area contributed by atoms with Crippen molar-refractivity contribution >= 4 is 17.8 Å². The minimum Gasteiger partial charge on any atom is -0.465 e. The van der Waals surface area contributed by atoms with E-state index in [1.54, 1.807) is 0 Å². The van der Waals surface area contributed by atoms with Crippen LogP contribution in [0.15, 0.2) is 0 Å². The molecule has 0 N–H and O–H groups in total. The summed E-state index contributed by atoms with van der Waals surface area (Å²) in [6.45, 7) is 14.4. The molecule has 3 unspecified atom stereocenters. The Morgan fingerprint density at radius 1 is 0.338 bits per heavy atom. The third-order valence-electron chi connectivity index (χ3n) is 14.7. The van der Waals surface area contributed by atoms with Crippen molar-refractivity contribution < 1.29 is 23.9 Å². The van der Waals surface area contributed by atoms with Crippen LogP contribution in [0.4, 0.5) is 0 Å². The Kier molecular flexibility index (Phi) is 50.5. The van der Waals surface area contributed by atoms with E-state index in [2.05, 4.69) is 58.5 Å². The number of hydrogen-bond acceptors (Lipinski definition) is 6. The number of unbranched alkanes of at least 4 members (excludes halogenated alkanes) is 27. The SMILES string of the molecule is CCCCCCCCC(CCCCCC)COC(=O)CCCCCCCCC(CCCCCCCCC(=O)OCC(CCCCC)CCCCCC)N(CCCN(C)C)C(=O)CCCCCCC. The number of carbonyl (C=O) groups excluding carboxylic acids is 3. The Morgan fingerprint density at radius 3 is 1.01 bits per heavy atom. The van der Waals surface area contributed by atoms with Crippen molar-refractivity contribution in [2.45, 2.75) is 323 Å². The maximum Gasteiger partial charge on any atom is 0.305 e. The summed E-state index contributed by atoms with van der Waals surface area (Å²) in [6.07, 6.45) is 51.0. The molecule has 0 saturated carbocycles. The highest BCUT2D eigenvalue weighted by atomic mass is 16.5. The van der Waals surface area contributed by atoms with Gasteiger partial charge in [0.25, 0.3) is 0 Å². The van der Waals surface area contributed by atoms with Gasteiger partial charge in [0.1, 0.15) is 0 Å². The van der Waals surface area contributed by atoms with Gasteiger partial charge in [0.05, 0.1) is 13.2 Å². The van der Waals surface area contributed by atoms with E-state index in [0.29, 0.717) is 56.3 Å². The van der Waals surface area contributed by atoms with E-state index in [0.717, 1.165) is 96.6 Å². The van der Waals surface area contributed by atoms with Crippen molar-refractivity contribution in [2.24, 2.45) is 11.8 Å². The minimum atomic E-state index is -0.00284. The molecule has 0 aliphatic carbocycles. The van der Waals surface area contributed by atoms with Gasteiger partial charge in [0, 0.05) is 31.8 Å². The van der Waals surface area contributed by atoms with Crippen molar-refractivity contribution in [3.05, 3.63) is 0 Å². The van der Waals surface area contributed by atoms with Crippen molar-refractivity contribution in [1.29, 1.82) is 0 Å². The van der Waals surface area contributed by atoms with Crippen LogP contribution in [0.1, 0.15) is 317 Å². The van der Waals surface area contributed by atoms with Crippen LogP contribution in [0.2, 0.25) is 0 Å². The Hall–Kier alpha value is -1.63. The lowest BCUT2D eigenvalue weighted by molar-refractivity contribution is -0.146. The van der Waals surface area contributed by atoms with Gasteiger partial charge in [-0.3, -0.25) is 14.4 Å². The molecule has 0 fully saturated rings. The molecule has 0 aromatic carbocycles. The van der Waals surface area contributed by atoms with Gasteiger partial charge in [0.2, 0.25) is 5.91 Å². The van der Waals surface area contributed by atoms with Crippen LogP contribution in [0, 0.1) is 11.8 Å². The van der Waals surface area contributed by atoms with Crippen LogP contribution in [0.3, 0.4) is 0 Å². The van der Waals surface area contributed by atoms with Gasteiger partial charge in [-0.25, -0.2) is 0 Å². The van der Waals surface area contributed by atoms with Gasteiger partial charge >= 0.3 is 11.9 Å². The summed E-state index contributed by atoms with van der Waals surface area (Å²) in [6, 6.07) is 0.318. The zero-order valence-corrected chi connectivity index (χ0v) is 47.1. The molecule has 0 bridgehead atoms. The van der Waals surface area contributed by atoms with Crippen LogP contribution >= 0.6 is 0 Å². The smallest absolute Gasteiger partial charge is 0.305 e. The summed E-state index contributed by atoms with van der Waals surface area (Å²) in [7, 11) is 4.27. The lowest BCUT2D eigenvalue weighted by atomic mass is 9.95. The van der Waals surface area contributed by atoms with E-state index in [1.807, 2.05) is 0 Å². The maximum absolute atomic E-state index is 13.9. The Balaban J connectivity index is 4.96. The number of nitrogens with zero attached hydrogens (tertiary/aromatic N) is 2. The Bertz CT molecular complexity index is 1080. The number of ether oxygens (including phenoxy) is 2. The standard InChI is InChI=1S/C61H120N2O5/c1-8-13-18-22-28-36-46-57(45-35-21-16-11-4)55-68-61(66)51-41-32-26-24-30-38-48-58(63(53-42-52-62(6)7)59(64)49-39-27-19-14-9-2)47-37-29-23-25-31-40-50-60(65)67-54-56(43-33-17-12-5)44-34-20-15-10-3/h56-58H,8-55H2,1-7H3. The van der Waals surface area contributed by atoms with Gasteiger partial charge in [-0.1, -0.05) is 234 Å². The highest BCUT2D eigenvalue weighted by Gasteiger charge is 2.23. The lowest BCUT2D eigenvalue weighted by Gasteiger charge is -2.33. The molecule has 0 aliphatic rings. The van der Waals surface area contributed by atoms with E-state index in [9.17, 15) is 14.4 Å². The molecule has 0 heterocycles. The number of rotatable bonds is 54. The second-order valence-electron chi connectivity index (χ2n) is 21.7. The first-order valence-corrected chi connectivity index (χ1v) is 30.5. The zero-order valence-electron chi connectivity index (χ0n) is 47.1. The number of hydrogen-bond donors (Lipinski definition) is 0. The van der Waals surface area contributed by atoms with Crippen molar-refractivity contribution in [1.82, 2.24) is 9.80 Å². The molecule has 1 amide bonds. The zero-order chi connectivity index (χ0) is 50.0. The molecule has 0 spiro atoms. The number of carbonyl (C=O) groups is 3. The topological polar surface area (TPSA) is 76.2 Å². The van der Waals surface area contributed by atoms with Gasteiger partial charge < -0.3 is 19.3 Å². The molecule has 0 rings (SSSR count). The van der Waals surface area contributed by atoms with Crippen LogP contribution < -0.4 is 0 Å². The third kappa shape index (κ3) is 44.3. The lowest BCUT2D eigenvalue weighted by Crippen LogP contribution is -2.41. The fourth-order valence-electron chi connectivity index (χ4n) is 10.1. The van der Waals surface area contributed by atoms with Gasteiger partial charge in [-0.15, -0.1) is 0 Å². The molecule has 404 valence electrons. The average Bonchev–Trinajstić information content (AvgIpc) is 3.32. The highest BCUT2D eigenvalue weighted by Crippen LogP contribution is 2.24. The van der Waals surface area contributed by atoms with Crippen LogP contribution in [-0.4, -0.2) is 74.1 Å². The van der Waals surface area contributed by atoms with E-state index in [-0.39, 0.29) is 11.9 Å². The highest BCUT2D eigenvalue weighted by molar-refractivity contribution is 5.76. The summed E-state index contributed by atoms with van der Waals surface area (Å²) >= 11 is 0. The summed E-state index contributed by atoms with van der Waals surface area (Å²) in [5, 5.41) is 0. The molecular weight excluding hydrogens is 841 g/mol. The minimum absolute atomic E-state index is 0.00284. The van der Waals surface area contributed by atoms with E-state index < -0.39 is 0 Å². The second-order valence-corrected chi connectivity index (χ2v) is 21.7.